The highest BCUT2D eigenvalue weighted by Crippen LogP contribution is 2.54. The van der Waals surface area contributed by atoms with Gasteiger partial charge in [0.1, 0.15) is 6.10 Å². The van der Waals surface area contributed by atoms with Crippen molar-refractivity contribution in [1.29, 1.82) is 0 Å². The molecule has 33 heavy (non-hydrogen) atoms. The summed E-state index contributed by atoms with van der Waals surface area (Å²) in [4.78, 5) is 11.6. The summed E-state index contributed by atoms with van der Waals surface area (Å²) in [6.07, 6.45) is -4.63. The number of hydrogen-bond acceptors (Lipinski definition) is 3. The van der Waals surface area contributed by atoms with E-state index in [1.165, 1.54) is 24.3 Å². The zero-order chi connectivity index (χ0) is 23.5. The Hall–Kier alpha value is -2.36. The van der Waals surface area contributed by atoms with Gasteiger partial charge in [-0.3, -0.25) is 0 Å². The molecule has 1 saturated heterocycles. The molecule has 3 nitrogen and oxygen atoms in total. The number of alkyl halides is 6. The van der Waals surface area contributed by atoms with Gasteiger partial charge in [-0.05, 0) is 59.9 Å². The van der Waals surface area contributed by atoms with Crippen LogP contribution in [0, 0.1) is 0 Å². The minimum atomic E-state index is -4.48. The Labute approximate surface area is 185 Å². The molecule has 0 aromatic heterocycles. The highest BCUT2D eigenvalue weighted by molar-refractivity contribution is 5.71. The molecule has 1 saturated carbocycles. The fourth-order valence-electron chi connectivity index (χ4n) is 4.81. The fourth-order valence-corrected chi connectivity index (χ4v) is 4.81. The summed E-state index contributed by atoms with van der Waals surface area (Å²) in [5, 5.41) is 0. The highest BCUT2D eigenvalue weighted by atomic mass is 19.4. The minimum Gasteiger partial charge on any atom is -0.336 e. The zero-order valence-electron chi connectivity index (χ0n) is 17.3. The number of hydrogen-bond donors (Lipinski definition) is 0. The number of fused-ring (bicyclic) bond motifs is 1. The van der Waals surface area contributed by atoms with Crippen LogP contribution in [-0.2, 0) is 32.5 Å². The second kappa shape index (κ2) is 7.58. The number of benzene rings is 2. The lowest BCUT2D eigenvalue weighted by Gasteiger charge is -2.45. The van der Waals surface area contributed by atoms with Gasteiger partial charge in [-0.25, -0.2) is 9.78 Å². The molecule has 2 aromatic carbocycles. The Morgan fingerprint density at radius 1 is 0.727 bits per heavy atom. The molecule has 9 heteroatoms. The van der Waals surface area contributed by atoms with Crippen molar-refractivity contribution in [3.63, 3.8) is 0 Å². The lowest BCUT2D eigenvalue weighted by molar-refractivity contribution is -0.524. The van der Waals surface area contributed by atoms with Crippen molar-refractivity contribution in [2.75, 3.05) is 0 Å². The lowest BCUT2D eigenvalue weighted by Crippen LogP contribution is -2.53. The first kappa shape index (κ1) is 22.4. The van der Waals surface area contributed by atoms with Crippen LogP contribution in [0.15, 0.2) is 54.6 Å². The molecule has 2 fully saturated rings. The monoisotopic (exact) mass is 470 g/mol. The van der Waals surface area contributed by atoms with E-state index in [9.17, 15) is 26.3 Å². The molecular weight excluding hydrogens is 450 g/mol. The molecule has 0 amide bonds. The molecule has 176 valence electrons. The predicted molar refractivity (Wildman–Crippen MR) is 105 cm³/mol. The summed E-state index contributed by atoms with van der Waals surface area (Å²) in [6.45, 7) is 0. The van der Waals surface area contributed by atoms with E-state index < -0.39 is 41.0 Å². The molecule has 2 atom stereocenters. The van der Waals surface area contributed by atoms with E-state index in [4.69, 9.17) is 14.5 Å². The third-order valence-electron chi connectivity index (χ3n) is 6.60. The van der Waals surface area contributed by atoms with Crippen LogP contribution in [0.5, 0.6) is 0 Å². The van der Waals surface area contributed by atoms with Gasteiger partial charge >= 0.3 is 12.4 Å². The quantitative estimate of drug-likeness (QED) is 0.349. The summed E-state index contributed by atoms with van der Waals surface area (Å²) in [5.74, 6) is -0.924. The first-order chi connectivity index (χ1) is 15.5. The van der Waals surface area contributed by atoms with Crippen LogP contribution in [-0.4, -0.2) is 11.9 Å². The molecule has 0 unspecified atom stereocenters. The van der Waals surface area contributed by atoms with Gasteiger partial charge in [-0.15, -0.1) is 0 Å². The number of ether oxygens (including phenoxy) is 1. The second-order valence-electron chi connectivity index (χ2n) is 8.73. The van der Waals surface area contributed by atoms with Gasteiger partial charge < -0.3 is 4.74 Å². The van der Waals surface area contributed by atoms with Gasteiger partial charge in [0, 0.05) is 19.3 Å². The summed E-state index contributed by atoms with van der Waals surface area (Å²) in [7, 11) is 0. The van der Waals surface area contributed by atoms with Crippen molar-refractivity contribution in [1.82, 2.24) is 0 Å². The average molecular weight is 470 g/mol. The molecule has 3 aliphatic rings. The standard InChI is InChI=1S/C24H20F6O3/c25-23(26,27)18-5-3-15(4-6-18)16-13-20-22(14-16,33-32-21(31-20)11-1-2-12-21)17-7-9-19(10-8-17)24(28,29)30/h3-10,13,20H,1-2,11-12,14H2/t20-,22-/m1/s1. The summed E-state index contributed by atoms with van der Waals surface area (Å²) >= 11 is 0. The molecular formula is C24H20F6O3. The normalized spacial score (nSPS) is 27.0. The van der Waals surface area contributed by atoms with Crippen LogP contribution in [0.4, 0.5) is 26.3 Å². The molecule has 0 radical (unpaired) electrons. The van der Waals surface area contributed by atoms with Crippen molar-refractivity contribution in [2.24, 2.45) is 0 Å². The Bertz CT molecular complexity index is 1050. The van der Waals surface area contributed by atoms with Gasteiger partial charge in [0.15, 0.2) is 5.60 Å². The average Bonchev–Trinajstić information content (AvgIpc) is 3.38. The van der Waals surface area contributed by atoms with Crippen LogP contribution in [0.25, 0.3) is 5.57 Å². The highest BCUT2D eigenvalue weighted by Gasteiger charge is 2.57. The largest absolute Gasteiger partial charge is 0.416 e. The minimum absolute atomic E-state index is 0.171. The molecule has 0 bridgehead atoms. The number of halogens is 6. The predicted octanol–water partition coefficient (Wildman–Crippen LogP) is 7.02. The van der Waals surface area contributed by atoms with E-state index in [0.29, 0.717) is 29.5 Å². The van der Waals surface area contributed by atoms with Crippen LogP contribution >= 0.6 is 0 Å². The zero-order valence-corrected chi connectivity index (χ0v) is 17.3. The van der Waals surface area contributed by atoms with E-state index in [-0.39, 0.29) is 6.42 Å². The Balaban J connectivity index is 1.50. The summed E-state index contributed by atoms with van der Waals surface area (Å²) in [6, 6.07) is 9.36. The van der Waals surface area contributed by atoms with Crippen molar-refractivity contribution < 1.29 is 40.9 Å². The fraction of sp³-hybridized carbons (Fsp3) is 0.417. The van der Waals surface area contributed by atoms with E-state index in [0.717, 1.165) is 37.1 Å². The molecule has 1 spiro atoms. The third-order valence-corrected chi connectivity index (χ3v) is 6.60. The molecule has 1 aliphatic heterocycles. The maximum atomic E-state index is 13.1. The maximum absolute atomic E-state index is 13.1. The van der Waals surface area contributed by atoms with Gasteiger partial charge in [0.2, 0.25) is 5.79 Å². The van der Waals surface area contributed by atoms with E-state index in [2.05, 4.69) is 0 Å². The second-order valence-corrected chi connectivity index (χ2v) is 8.73. The first-order valence-corrected chi connectivity index (χ1v) is 10.6. The molecule has 2 aliphatic carbocycles. The Morgan fingerprint density at radius 2 is 1.27 bits per heavy atom. The summed E-state index contributed by atoms with van der Waals surface area (Å²) < 4.78 is 84.4. The van der Waals surface area contributed by atoms with Gasteiger partial charge in [0.25, 0.3) is 0 Å². The van der Waals surface area contributed by atoms with Gasteiger partial charge in [0.05, 0.1) is 11.1 Å². The molecule has 5 rings (SSSR count). The van der Waals surface area contributed by atoms with E-state index >= 15 is 0 Å². The molecule has 2 aromatic rings. The van der Waals surface area contributed by atoms with Crippen LogP contribution in [0.2, 0.25) is 0 Å². The topological polar surface area (TPSA) is 27.7 Å². The SMILES string of the molecule is FC(F)(F)c1ccc(C2=C[C@H]3OC4(CCCC4)OO[C@@]3(c3ccc(C(F)(F)F)cc3)C2)cc1. The Morgan fingerprint density at radius 3 is 1.82 bits per heavy atom. The number of rotatable bonds is 2. The van der Waals surface area contributed by atoms with E-state index in [1.807, 2.05) is 0 Å². The first-order valence-electron chi connectivity index (χ1n) is 10.6. The summed E-state index contributed by atoms with van der Waals surface area (Å²) in [5.41, 5.74) is -1.13. The van der Waals surface area contributed by atoms with Crippen molar-refractivity contribution in [3.05, 3.63) is 76.9 Å². The maximum Gasteiger partial charge on any atom is 0.416 e. The van der Waals surface area contributed by atoms with Crippen molar-refractivity contribution >= 4 is 5.57 Å². The van der Waals surface area contributed by atoms with E-state index in [1.54, 1.807) is 6.08 Å². The Kier molecular flexibility index (Phi) is 5.15. The molecule has 0 N–H and O–H groups in total. The lowest BCUT2D eigenvalue weighted by atomic mass is 9.86. The molecule has 1 heterocycles. The van der Waals surface area contributed by atoms with Crippen molar-refractivity contribution in [3.8, 4) is 0 Å². The van der Waals surface area contributed by atoms with Gasteiger partial charge in [-0.1, -0.05) is 24.3 Å². The smallest absolute Gasteiger partial charge is 0.336 e. The van der Waals surface area contributed by atoms with Crippen LogP contribution in [0.1, 0.15) is 54.4 Å². The van der Waals surface area contributed by atoms with Crippen molar-refractivity contribution in [2.45, 2.75) is 61.9 Å². The van der Waals surface area contributed by atoms with Gasteiger partial charge in [-0.2, -0.15) is 26.3 Å². The van der Waals surface area contributed by atoms with Crippen LogP contribution in [0.3, 0.4) is 0 Å². The van der Waals surface area contributed by atoms with Crippen LogP contribution < -0.4 is 0 Å². The third kappa shape index (κ3) is 3.96.